The molecule has 0 aliphatic heterocycles. The van der Waals surface area contributed by atoms with Crippen molar-refractivity contribution in [1.29, 1.82) is 5.26 Å². The van der Waals surface area contributed by atoms with Gasteiger partial charge in [-0.25, -0.2) is 0 Å². The van der Waals surface area contributed by atoms with Crippen LogP contribution in [-0.2, 0) is 5.41 Å². The van der Waals surface area contributed by atoms with Crippen LogP contribution in [0.1, 0.15) is 37.6 Å². The van der Waals surface area contributed by atoms with Crippen LogP contribution in [0.4, 0.5) is 0 Å². The van der Waals surface area contributed by atoms with Gasteiger partial charge in [-0.1, -0.05) is 26.7 Å². The Morgan fingerprint density at radius 1 is 1.17 bits per heavy atom. The molecule has 0 saturated carbocycles. The van der Waals surface area contributed by atoms with Crippen molar-refractivity contribution in [3.05, 3.63) is 29.1 Å². The summed E-state index contributed by atoms with van der Waals surface area (Å²) in [5.41, 5.74) is 2.28. The first-order valence-electron chi connectivity index (χ1n) is 5.75. The van der Waals surface area contributed by atoms with Gasteiger partial charge < -0.3 is 0 Å². The minimum absolute atomic E-state index is 0.0288. The highest BCUT2D eigenvalue weighted by Gasteiger charge is 2.16. The molecule has 0 aromatic carbocycles. The van der Waals surface area contributed by atoms with E-state index in [0.717, 1.165) is 11.3 Å². The summed E-state index contributed by atoms with van der Waals surface area (Å²) >= 11 is 0. The van der Waals surface area contributed by atoms with Gasteiger partial charge in [0.25, 0.3) is 0 Å². The van der Waals surface area contributed by atoms with Gasteiger partial charge in [0, 0.05) is 22.9 Å². The number of hydrogen-bond donors (Lipinski definition) is 0. The summed E-state index contributed by atoms with van der Waals surface area (Å²) in [6.07, 6.45) is 8.04. The second-order valence-electron chi connectivity index (χ2n) is 6.04. The predicted molar refractivity (Wildman–Crippen MR) is 79.9 cm³/mol. The van der Waals surface area contributed by atoms with Crippen LogP contribution in [0.25, 0.3) is 0 Å². The molecule has 0 amide bonds. The molecular weight excluding hydrogens is 240 g/mol. The number of nitriles is 1. The summed E-state index contributed by atoms with van der Waals surface area (Å²) in [6.45, 7) is 6.31. The standard InChI is InChI=1S/C15H20N2S/c1-15(2,3)14-9-12(7-8-18(4,5)6)13(10-16)11-17-14/h9,11H,1-6H3. The van der Waals surface area contributed by atoms with Gasteiger partial charge >= 0.3 is 0 Å². The first-order valence-corrected chi connectivity index (χ1v) is 8.61. The highest BCUT2D eigenvalue weighted by Crippen LogP contribution is 2.32. The molecule has 18 heavy (non-hydrogen) atoms. The second-order valence-corrected chi connectivity index (χ2v) is 9.92. The van der Waals surface area contributed by atoms with E-state index in [0.29, 0.717) is 5.56 Å². The molecule has 0 fully saturated rings. The number of rotatable bonds is 0. The number of hydrogen-bond acceptors (Lipinski definition) is 2. The molecular formula is C15H20N2S. The van der Waals surface area contributed by atoms with Crippen molar-refractivity contribution in [3.8, 4) is 17.2 Å². The summed E-state index contributed by atoms with van der Waals surface area (Å²) < 4.78 is 0. The van der Waals surface area contributed by atoms with Crippen LogP contribution in [0.15, 0.2) is 12.3 Å². The van der Waals surface area contributed by atoms with Crippen LogP contribution >= 0.6 is 10.0 Å². The van der Waals surface area contributed by atoms with Crippen molar-refractivity contribution in [3.63, 3.8) is 0 Å². The summed E-state index contributed by atoms with van der Waals surface area (Å²) in [4.78, 5) is 4.34. The lowest BCUT2D eigenvalue weighted by molar-refractivity contribution is 0.568. The molecule has 1 aromatic heterocycles. The van der Waals surface area contributed by atoms with Gasteiger partial charge in [0.05, 0.1) is 5.56 Å². The lowest BCUT2D eigenvalue weighted by atomic mass is 9.90. The van der Waals surface area contributed by atoms with Gasteiger partial charge in [0.15, 0.2) is 0 Å². The normalized spacial score (nSPS) is 12.3. The minimum Gasteiger partial charge on any atom is -0.259 e. The average Bonchev–Trinajstić information content (AvgIpc) is 2.23. The van der Waals surface area contributed by atoms with Crippen molar-refractivity contribution >= 4 is 10.0 Å². The Morgan fingerprint density at radius 3 is 2.22 bits per heavy atom. The fourth-order valence-electron chi connectivity index (χ4n) is 1.27. The van der Waals surface area contributed by atoms with Gasteiger partial charge in [0.2, 0.25) is 0 Å². The van der Waals surface area contributed by atoms with Crippen molar-refractivity contribution < 1.29 is 0 Å². The topological polar surface area (TPSA) is 36.7 Å². The third kappa shape index (κ3) is 4.09. The molecule has 0 unspecified atom stereocenters. The molecule has 2 nitrogen and oxygen atoms in total. The molecule has 0 aliphatic rings. The second kappa shape index (κ2) is 5.04. The zero-order valence-corrected chi connectivity index (χ0v) is 12.8. The van der Waals surface area contributed by atoms with E-state index in [4.69, 9.17) is 5.26 Å². The Bertz CT molecular complexity index is 543. The Kier molecular flexibility index (Phi) is 4.09. The lowest BCUT2D eigenvalue weighted by Crippen LogP contribution is -2.14. The van der Waals surface area contributed by atoms with E-state index in [1.54, 1.807) is 6.20 Å². The molecule has 0 bridgehead atoms. The largest absolute Gasteiger partial charge is 0.259 e. The molecule has 0 aliphatic carbocycles. The highest BCUT2D eigenvalue weighted by atomic mass is 32.3. The fourth-order valence-corrected chi connectivity index (χ4v) is 1.68. The van der Waals surface area contributed by atoms with Gasteiger partial charge in [-0.3, -0.25) is 4.98 Å². The first kappa shape index (κ1) is 14.6. The van der Waals surface area contributed by atoms with Crippen LogP contribution in [0.2, 0.25) is 0 Å². The third-order valence-electron chi connectivity index (χ3n) is 2.28. The van der Waals surface area contributed by atoms with Gasteiger partial charge in [0.1, 0.15) is 6.07 Å². The fraction of sp³-hybridized carbons (Fsp3) is 0.467. The van der Waals surface area contributed by atoms with Gasteiger partial charge in [-0.2, -0.15) is 15.3 Å². The van der Waals surface area contributed by atoms with Crippen LogP contribution < -0.4 is 0 Å². The van der Waals surface area contributed by atoms with E-state index in [1.165, 1.54) is 0 Å². The summed E-state index contributed by atoms with van der Waals surface area (Å²) in [5, 5.41) is 12.3. The van der Waals surface area contributed by atoms with Crippen molar-refractivity contribution in [2.24, 2.45) is 0 Å². The Hall–Kier alpha value is -1.45. The summed E-state index contributed by atoms with van der Waals surface area (Å²) in [7, 11) is -0.887. The molecule has 1 rings (SSSR count). The molecule has 1 heterocycles. The van der Waals surface area contributed by atoms with Crippen LogP contribution in [0.3, 0.4) is 0 Å². The van der Waals surface area contributed by atoms with Crippen molar-refractivity contribution in [1.82, 2.24) is 4.98 Å². The molecule has 0 radical (unpaired) electrons. The quantitative estimate of drug-likeness (QED) is 0.671. The maximum atomic E-state index is 9.09. The van der Waals surface area contributed by atoms with Crippen LogP contribution in [0, 0.1) is 22.5 Å². The molecule has 96 valence electrons. The number of nitrogens with zero attached hydrogens (tertiary/aromatic N) is 2. The molecule has 0 N–H and O–H groups in total. The Labute approximate surface area is 112 Å². The molecule has 3 heteroatoms. The third-order valence-corrected chi connectivity index (χ3v) is 3.00. The van der Waals surface area contributed by atoms with Crippen molar-refractivity contribution in [2.45, 2.75) is 26.2 Å². The maximum absolute atomic E-state index is 9.09. The lowest BCUT2D eigenvalue weighted by Gasteiger charge is -2.18. The molecule has 1 aromatic rings. The molecule has 0 atom stereocenters. The Balaban J connectivity index is 3.32. The highest BCUT2D eigenvalue weighted by molar-refractivity contribution is 8.35. The average molecular weight is 260 g/mol. The first-order chi connectivity index (χ1) is 8.13. The van der Waals surface area contributed by atoms with Crippen LogP contribution in [0.5, 0.6) is 0 Å². The molecule has 0 spiro atoms. The van der Waals surface area contributed by atoms with E-state index < -0.39 is 10.0 Å². The smallest absolute Gasteiger partial charge is 0.102 e. The van der Waals surface area contributed by atoms with Gasteiger partial charge in [-0.15, -0.1) is 0 Å². The zero-order chi connectivity index (χ0) is 14.0. The van der Waals surface area contributed by atoms with Crippen molar-refractivity contribution in [2.75, 3.05) is 18.8 Å². The Morgan fingerprint density at radius 2 is 1.78 bits per heavy atom. The zero-order valence-electron chi connectivity index (χ0n) is 12.0. The maximum Gasteiger partial charge on any atom is 0.102 e. The predicted octanol–water partition coefficient (Wildman–Crippen LogP) is 3.25. The van der Waals surface area contributed by atoms with E-state index in [1.807, 2.05) is 6.07 Å². The number of aromatic nitrogens is 1. The van der Waals surface area contributed by atoms with E-state index in [9.17, 15) is 0 Å². The van der Waals surface area contributed by atoms with E-state index in [-0.39, 0.29) is 5.41 Å². The van der Waals surface area contributed by atoms with E-state index in [2.05, 4.69) is 61.8 Å². The summed E-state index contributed by atoms with van der Waals surface area (Å²) in [6, 6.07) is 4.10. The van der Waals surface area contributed by atoms with Gasteiger partial charge in [-0.05, 0) is 30.1 Å². The summed E-state index contributed by atoms with van der Waals surface area (Å²) in [5.74, 6) is 3.14. The monoisotopic (exact) mass is 260 g/mol. The molecule has 0 saturated heterocycles. The minimum atomic E-state index is -0.887. The van der Waals surface area contributed by atoms with Crippen LogP contribution in [-0.4, -0.2) is 23.8 Å². The number of pyridine rings is 1. The SMILES string of the molecule is CC(C)(C)c1cc(C#CS(C)(C)C)c(C#N)cn1. The van der Waals surface area contributed by atoms with E-state index >= 15 is 0 Å².